The monoisotopic (exact) mass is 338 g/mol. The predicted molar refractivity (Wildman–Crippen MR) is 89.3 cm³/mol. The first kappa shape index (κ1) is 16.5. The van der Waals surface area contributed by atoms with Gasteiger partial charge >= 0.3 is 5.97 Å². The summed E-state index contributed by atoms with van der Waals surface area (Å²) in [5, 5.41) is 9.39. The van der Waals surface area contributed by atoms with Crippen molar-refractivity contribution in [3.8, 4) is 0 Å². The molecule has 2 fully saturated rings. The molecule has 0 spiro atoms. The molecule has 2 atom stereocenters. The summed E-state index contributed by atoms with van der Waals surface area (Å²) in [6.45, 7) is 3.72. The number of aromatic carboxylic acids is 1. The maximum Gasteiger partial charge on any atom is 0.356 e. The van der Waals surface area contributed by atoms with Crippen LogP contribution in [0.4, 0.5) is 5.82 Å². The Hall–Kier alpha value is -1.33. The average molecular weight is 339 g/mol. The zero-order chi connectivity index (χ0) is 16.4. The topological polar surface area (TPSA) is 62.7 Å². The second-order valence-corrected chi connectivity index (χ2v) is 6.89. The summed E-state index contributed by atoms with van der Waals surface area (Å²) < 4.78 is 6.25. The Labute approximate surface area is 141 Å². The Morgan fingerprint density at radius 2 is 2.22 bits per heavy atom. The highest BCUT2D eigenvalue weighted by molar-refractivity contribution is 6.33. The molecule has 1 aliphatic carbocycles. The highest BCUT2D eigenvalue weighted by atomic mass is 35.5. The zero-order valence-corrected chi connectivity index (χ0v) is 14.1. The number of carbonyl (C=O) groups is 1. The van der Waals surface area contributed by atoms with Crippen LogP contribution in [0.15, 0.2) is 12.1 Å². The van der Waals surface area contributed by atoms with Crippen molar-refractivity contribution in [1.29, 1.82) is 0 Å². The summed E-state index contributed by atoms with van der Waals surface area (Å²) in [6.07, 6.45) is 6.22. The van der Waals surface area contributed by atoms with Gasteiger partial charge in [0.2, 0.25) is 0 Å². The van der Waals surface area contributed by atoms with Crippen LogP contribution in [-0.2, 0) is 4.74 Å². The summed E-state index contributed by atoms with van der Waals surface area (Å²) in [6, 6.07) is 3.43. The van der Waals surface area contributed by atoms with Gasteiger partial charge in [-0.15, -0.1) is 0 Å². The third kappa shape index (κ3) is 3.96. The first-order valence-corrected chi connectivity index (χ1v) is 8.76. The van der Waals surface area contributed by atoms with Crippen LogP contribution < -0.4 is 4.90 Å². The maximum atomic E-state index is 11.3. The highest BCUT2D eigenvalue weighted by Crippen LogP contribution is 2.38. The summed E-state index contributed by atoms with van der Waals surface area (Å²) in [5.74, 6) is 0.238. The lowest BCUT2D eigenvalue weighted by Gasteiger charge is -2.39. The van der Waals surface area contributed by atoms with E-state index in [1.807, 2.05) is 0 Å². The molecule has 3 rings (SSSR count). The van der Waals surface area contributed by atoms with E-state index < -0.39 is 5.97 Å². The van der Waals surface area contributed by atoms with E-state index in [9.17, 15) is 9.90 Å². The minimum absolute atomic E-state index is 0.0799. The molecule has 1 aliphatic heterocycles. The third-order valence-corrected chi connectivity index (χ3v) is 4.88. The highest BCUT2D eigenvalue weighted by Gasteiger charge is 2.38. The van der Waals surface area contributed by atoms with Gasteiger partial charge in [-0.2, -0.15) is 0 Å². The average Bonchev–Trinajstić information content (AvgIpc) is 3.37. The number of pyridine rings is 1. The SMILES string of the molecule is CCCC[C@@H]1CN(c2ccc(Cl)c(C(=O)O)n2)C[C@H](C2CC2)O1. The van der Waals surface area contributed by atoms with Gasteiger partial charge in [0.25, 0.3) is 0 Å². The molecule has 0 radical (unpaired) electrons. The minimum Gasteiger partial charge on any atom is -0.476 e. The second-order valence-electron chi connectivity index (χ2n) is 6.49. The van der Waals surface area contributed by atoms with Gasteiger partial charge in [0.15, 0.2) is 5.69 Å². The van der Waals surface area contributed by atoms with Gasteiger partial charge in [0.05, 0.1) is 17.2 Å². The van der Waals surface area contributed by atoms with Gasteiger partial charge in [0.1, 0.15) is 5.82 Å². The molecule has 1 saturated carbocycles. The number of hydrogen-bond acceptors (Lipinski definition) is 4. The number of hydrogen-bond donors (Lipinski definition) is 1. The Balaban J connectivity index is 1.79. The predicted octanol–water partition coefficient (Wildman–Crippen LogP) is 3.61. The van der Waals surface area contributed by atoms with Crippen molar-refractivity contribution in [2.45, 2.75) is 51.2 Å². The van der Waals surface area contributed by atoms with Crippen LogP contribution in [0.1, 0.15) is 49.5 Å². The van der Waals surface area contributed by atoms with Gasteiger partial charge < -0.3 is 14.7 Å². The van der Waals surface area contributed by atoms with Crippen molar-refractivity contribution < 1.29 is 14.6 Å². The van der Waals surface area contributed by atoms with Crippen molar-refractivity contribution in [3.63, 3.8) is 0 Å². The largest absolute Gasteiger partial charge is 0.476 e. The number of morpholine rings is 1. The molecule has 2 heterocycles. The number of nitrogens with zero attached hydrogens (tertiary/aromatic N) is 2. The Morgan fingerprint density at radius 1 is 1.43 bits per heavy atom. The first-order valence-electron chi connectivity index (χ1n) is 8.38. The third-order valence-electron chi connectivity index (χ3n) is 4.58. The fourth-order valence-corrected chi connectivity index (χ4v) is 3.32. The summed E-state index contributed by atoms with van der Waals surface area (Å²) >= 11 is 5.93. The maximum absolute atomic E-state index is 11.3. The number of carboxylic acids is 1. The van der Waals surface area contributed by atoms with E-state index in [4.69, 9.17) is 16.3 Å². The second kappa shape index (κ2) is 7.05. The molecule has 0 aromatic carbocycles. The number of ether oxygens (including phenoxy) is 1. The van der Waals surface area contributed by atoms with E-state index >= 15 is 0 Å². The van der Waals surface area contributed by atoms with Crippen LogP contribution in [0.3, 0.4) is 0 Å². The summed E-state index contributed by atoms with van der Waals surface area (Å²) in [4.78, 5) is 17.7. The fraction of sp³-hybridized carbons (Fsp3) is 0.647. The molecule has 23 heavy (non-hydrogen) atoms. The smallest absolute Gasteiger partial charge is 0.356 e. The van der Waals surface area contributed by atoms with Gasteiger partial charge in [-0.05, 0) is 37.3 Å². The van der Waals surface area contributed by atoms with E-state index in [1.165, 1.54) is 12.8 Å². The molecule has 0 unspecified atom stereocenters. The molecule has 5 nitrogen and oxygen atoms in total. The van der Waals surface area contributed by atoms with Crippen LogP contribution in [-0.4, -0.2) is 41.4 Å². The zero-order valence-electron chi connectivity index (χ0n) is 13.4. The Bertz CT molecular complexity index is 577. The van der Waals surface area contributed by atoms with Crippen molar-refractivity contribution in [1.82, 2.24) is 4.98 Å². The molecule has 6 heteroatoms. The van der Waals surface area contributed by atoms with E-state index in [2.05, 4.69) is 16.8 Å². The quantitative estimate of drug-likeness (QED) is 0.858. The normalized spacial score (nSPS) is 24.7. The number of halogens is 1. The first-order chi connectivity index (χ1) is 11.1. The van der Waals surface area contributed by atoms with Crippen molar-refractivity contribution in [2.24, 2.45) is 5.92 Å². The lowest BCUT2D eigenvalue weighted by atomic mass is 10.1. The number of aromatic nitrogens is 1. The standard InChI is InChI=1S/C17H23ClN2O3/c1-2-3-4-12-9-20(10-14(23-12)11-5-6-11)15-8-7-13(18)16(19-15)17(21)22/h7-8,11-12,14H,2-6,9-10H2,1H3,(H,21,22)/t12-,14-/m1/s1. The van der Waals surface area contributed by atoms with E-state index in [0.29, 0.717) is 11.7 Å². The van der Waals surface area contributed by atoms with E-state index in [-0.39, 0.29) is 22.9 Å². The van der Waals surface area contributed by atoms with Crippen LogP contribution in [0, 0.1) is 5.92 Å². The van der Waals surface area contributed by atoms with Crippen molar-refractivity contribution in [3.05, 3.63) is 22.8 Å². The Kier molecular flexibility index (Phi) is 5.07. The molecular weight excluding hydrogens is 316 g/mol. The van der Waals surface area contributed by atoms with E-state index in [1.54, 1.807) is 12.1 Å². The van der Waals surface area contributed by atoms with Crippen LogP contribution in [0.5, 0.6) is 0 Å². The van der Waals surface area contributed by atoms with Gasteiger partial charge in [-0.3, -0.25) is 0 Å². The van der Waals surface area contributed by atoms with E-state index in [0.717, 1.165) is 32.4 Å². The number of anilines is 1. The van der Waals surface area contributed by atoms with Crippen LogP contribution >= 0.6 is 11.6 Å². The van der Waals surface area contributed by atoms with Crippen molar-refractivity contribution in [2.75, 3.05) is 18.0 Å². The minimum atomic E-state index is -1.09. The molecule has 1 saturated heterocycles. The number of unbranched alkanes of at least 4 members (excludes halogenated alkanes) is 1. The molecule has 1 aromatic rings. The molecule has 1 aromatic heterocycles. The molecule has 0 amide bonds. The lowest BCUT2D eigenvalue weighted by molar-refractivity contribution is -0.0411. The molecule has 1 N–H and O–H groups in total. The Morgan fingerprint density at radius 3 is 2.87 bits per heavy atom. The van der Waals surface area contributed by atoms with Crippen LogP contribution in [0.2, 0.25) is 5.02 Å². The molecule has 126 valence electrons. The number of carboxylic acid groups (broad SMARTS) is 1. The van der Waals surface area contributed by atoms with Crippen molar-refractivity contribution >= 4 is 23.4 Å². The molecule has 2 aliphatic rings. The van der Waals surface area contributed by atoms with Gasteiger partial charge in [-0.1, -0.05) is 31.4 Å². The summed E-state index contributed by atoms with van der Waals surface area (Å²) in [5.41, 5.74) is -0.0799. The lowest BCUT2D eigenvalue weighted by Crippen LogP contribution is -2.49. The van der Waals surface area contributed by atoms with Gasteiger partial charge in [-0.25, -0.2) is 9.78 Å². The fourth-order valence-electron chi connectivity index (χ4n) is 3.14. The number of rotatable bonds is 6. The summed E-state index contributed by atoms with van der Waals surface area (Å²) in [7, 11) is 0. The molecular formula is C17H23ClN2O3. The molecule has 0 bridgehead atoms. The van der Waals surface area contributed by atoms with Crippen LogP contribution in [0.25, 0.3) is 0 Å². The van der Waals surface area contributed by atoms with Gasteiger partial charge in [0, 0.05) is 13.1 Å².